The predicted octanol–water partition coefficient (Wildman–Crippen LogP) is 5.12. The Bertz CT molecular complexity index is 400. The Morgan fingerprint density at radius 1 is 1.10 bits per heavy atom. The number of aryl methyl sites for hydroxylation is 1. The van der Waals surface area contributed by atoms with E-state index in [1.54, 1.807) is 0 Å². The summed E-state index contributed by atoms with van der Waals surface area (Å²) in [6, 6.07) is 9.68. The normalized spacial score (nSPS) is 18.2. The van der Waals surface area contributed by atoms with E-state index in [0.29, 0.717) is 11.5 Å². The minimum absolute atomic E-state index is 0.464. The van der Waals surface area contributed by atoms with Crippen molar-refractivity contribution in [3.63, 3.8) is 0 Å². The Labute approximate surface area is 125 Å². The highest BCUT2D eigenvalue weighted by Crippen LogP contribution is 2.51. The molecule has 1 fully saturated rings. The van der Waals surface area contributed by atoms with Crippen LogP contribution in [0.5, 0.6) is 0 Å². The molecule has 1 aliphatic rings. The smallest absolute Gasteiger partial charge is 0.0292 e. The lowest BCUT2D eigenvalue weighted by molar-refractivity contribution is 0.325. The zero-order chi connectivity index (χ0) is 14.6. The third-order valence-electron chi connectivity index (χ3n) is 5.18. The molecule has 0 saturated heterocycles. The quantitative estimate of drug-likeness (QED) is 0.693. The molecule has 20 heavy (non-hydrogen) atoms. The van der Waals surface area contributed by atoms with Gasteiger partial charge >= 0.3 is 0 Å². The summed E-state index contributed by atoms with van der Waals surface area (Å²) in [4.78, 5) is 0. The van der Waals surface area contributed by atoms with E-state index in [2.05, 4.69) is 57.3 Å². The van der Waals surface area contributed by atoms with Gasteiger partial charge in [-0.05, 0) is 55.1 Å². The highest BCUT2D eigenvalue weighted by atomic mass is 14.9. The van der Waals surface area contributed by atoms with Gasteiger partial charge in [-0.1, -0.05) is 51.5 Å². The van der Waals surface area contributed by atoms with Crippen molar-refractivity contribution in [2.24, 2.45) is 11.3 Å². The van der Waals surface area contributed by atoms with Crippen molar-refractivity contribution < 1.29 is 0 Å². The van der Waals surface area contributed by atoms with Crippen LogP contribution in [0, 0.1) is 11.3 Å². The molecule has 1 aromatic carbocycles. The Balaban J connectivity index is 1.84. The second kappa shape index (κ2) is 6.76. The molecule has 1 aromatic rings. The summed E-state index contributed by atoms with van der Waals surface area (Å²) in [6.07, 6.45) is 6.59. The number of nitrogens with one attached hydrogen (secondary N) is 1. The number of hydrogen-bond acceptors (Lipinski definition) is 1. The Kier molecular flexibility index (Phi) is 5.26. The minimum atomic E-state index is 0.464. The molecular formula is C19H31N. The Hall–Kier alpha value is -0.820. The van der Waals surface area contributed by atoms with Gasteiger partial charge in [0.15, 0.2) is 0 Å². The van der Waals surface area contributed by atoms with Gasteiger partial charge in [0.05, 0.1) is 0 Å². The van der Waals surface area contributed by atoms with Gasteiger partial charge in [0.25, 0.3) is 0 Å². The molecule has 0 spiro atoms. The molecule has 0 aromatic heterocycles. The van der Waals surface area contributed by atoms with Crippen LogP contribution < -0.4 is 5.32 Å². The number of rotatable bonds is 8. The summed E-state index contributed by atoms with van der Waals surface area (Å²) in [5.74, 6) is 0.804. The zero-order valence-corrected chi connectivity index (χ0v) is 13.7. The summed E-state index contributed by atoms with van der Waals surface area (Å²) in [7, 11) is 0. The van der Waals surface area contributed by atoms with Crippen LogP contribution >= 0.6 is 0 Å². The van der Waals surface area contributed by atoms with Crippen molar-refractivity contribution >= 4 is 0 Å². The Morgan fingerprint density at radius 2 is 1.75 bits per heavy atom. The zero-order valence-electron chi connectivity index (χ0n) is 13.7. The van der Waals surface area contributed by atoms with E-state index in [1.165, 1.54) is 49.8 Å². The monoisotopic (exact) mass is 273 g/mol. The largest absolute Gasteiger partial charge is 0.310 e. The molecule has 1 aliphatic carbocycles. The van der Waals surface area contributed by atoms with Gasteiger partial charge in [-0.2, -0.15) is 0 Å². The fourth-order valence-corrected chi connectivity index (χ4v) is 2.95. The van der Waals surface area contributed by atoms with Gasteiger partial charge in [-0.25, -0.2) is 0 Å². The van der Waals surface area contributed by atoms with Crippen LogP contribution in [-0.2, 0) is 6.42 Å². The molecule has 1 N–H and O–H groups in total. The summed E-state index contributed by atoms with van der Waals surface area (Å²) in [5, 5.41) is 3.75. The number of hydrogen-bond donors (Lipinski definition) is 1. The van der Waals surface area contributed by atoms with E-state index in [0.717, 1.165) is 5.92 Å². The average molecular weight is 273 g/mol. The average Bonchev–Trinajstić information content (AvgIpc) is 3.24. The van der Waals surface area contributed by atoms with Crippen LogP contribution in [0.15, 0.2) is 24.3 Å². The molecule has 2 rings (SSSR count). The predicted molar refractivity (Wildman–Crippen MR) is 88.0 cm³/mol. The summed E-state index contributed by atoms with van der Waals surface area (Å²) >= 11 is 0. The maximum atomic E-state index is 3.75. The molecule has 0 amide bonds. The third kappa shape index (κ3) is 3.85. The molecule has 1 saturated carbocycles. The molecule has 0 aliphatic heterocycles. The van der Waals surface area contributed by atoms with Crippen LogP contribution in [0.3, 0.4) is 0 Å². The highest BCUT2D eigenvalue weighted by Gasteiger charge is 2.44. The molecule has 112 valence electrons. The lowest BCUT2D eigenvalue weighted by Crippen LogP contribution is -2.29. The summed E-state index contributed by atoms with van der Waals surface area (Å²) < 4.78 is 0. The molecular weight excluding hydrogens is 242 g/mol. The molecule has 0 radical (unpaired) electrons. The first-order valence-electron chi connectivity index (χ1n) is 8.39. The van der Waals surface area contributed by atoms with Gasteiger partial charge in [-0.15, -0.1) is 0 Å². The second-order valence-corrected chi connectivity index (χ2v) is 6.96. The van der Waals surface area contributed by atoms with E-state index >= 15 is 0 Å². The standard InChI is InChI=1S/C19H31N/c1-5-6-7-17-8-10-18(11-9-17)16(4)20-14-19(12-13-19)15(2)3/h8-11,15-16,20H,5-7,12-14H2,1-4H3. The van der Waals surface area contributed by atoms with Gasteiger partial charge in [0.1, 0.15) is 0 Å². The first kappa shape index (κ1) is 15.6. The Morgan fingerprint density at radius 3 is 2.25 bits per heavy atom. The van der Waals surface area contributed by atoms with E-state index in [4.69, 9.17) is 0 Å². The molecule has 1 heteroatoms. The van der Waals surface area contributed by atoms with Crippen LogP contribution in [0.4, 0.5) is 0 Å². The van der Waals surface area contributed by atoms with Crippen molar-refractivity contribution in [1.29, 1.82) is 0 Å². The summed E-state index contributed by atoms with van der Waals surface area (Å²) in [6.45, 7) is 10.4. The van der Waals surface area contributed by atoms with E-state index in [-0.39, 0.29) is 0 Å². The van der Waals surface area contributed by atoms with Gasteiger partial charge < -0.3 is 5.32 Å². The SMILES string of the molecule is CCCCc1ccc(C(C)NCC2(C(C)C)CC2)cc1. The second-order valence-electron chi connectivity index (χ2n) is 6.96. The van der Waals surface area contributed by atoms with E-state index < -0.39 is 0 Å². The lowest BCUT2D eigenvalue weighted by atomic mass is 9.92. The number of benzene rings is 1. The third-order valence-corrected chi connectivity index (χ3v) is 5.18. The van der Waals surface area contributed by atoms with Gasteiger partial charge in [0, 0.05) is 12.6 Å². The van der Waals surface area contributed by atoms with Gasteiger partial charge in [0.2, 0.25) is 0 Å². The minimum Gasteiger partial charge on any atom is -0.310 e. The maximum Gasteiger partial charge on any atom is 0.0292 e. The van der Waals surface area contributed by atoms with Crippen LogP contribution in [0.1, 0.15) is 70.5 Å². The highest BCUT2D eigenvalue weighted by molar-refractivity contribution is 5.25. The van der Waals surface area contributed by atoms with Crippen molar-refractivity contribution in [1.82, 2.24) is 5.32 Å². The fraction of sp³-hybridized carbons (Fsp3) is 0.684. The maximum absolute atomic E-state index is 3.75. The molecule has 1 atom stereocenters. The van der Waals surface area contributed by atoms with Gasteiger partial charge in [-0.3, -0.25) is 0 Å². The topological polar surface area (TPSA) is 12.0 Å². The van der Waals surface area contributed by atoms with Crippen molar-refractivity contribution in [3.8, 4) is 0 Å². The molecule has 0 heterocycles. The van der Waals surface area contributed by atoms with E-state index in [1.807, 2.05) is 0 Å². The fourth-order valence-electron chi connectivity index (χ4n) is 2.95. The number of unbranched alkanes of at least 4 members (excludes halogenated alkanes) is 1. The molecule has 0 bridgehead atoms. The summed E-state index contributed by atoms with van der Waals surface area (Å²) in [5.41, 5.74) is 3.49. The van der Waals surface area contributed by atoms with Crippen LogP contribution in [0.2, 0.25) is 0 Å². The van der Waals surface area contributed by atoms with Crippen molar-refractivity contribution in [3.05, 3.63) is 35.4 Å². The van der Waals surface area contributed by atoms with Crippen molar-refractivity contribution in [2.45, 2.75) is 65.8 Å². The van der Waals surface area contributed by atoms with Crippen molar-refractivity contribution in [2.75, 3.05) is 6.54 Å². The van der Waals surface area contributed by atoms with Crippen LogP contribution in [0.25, 0.3) is 0 Å². The van der Waals surface area contributed by atoms with Crippen LogP contribution in [-0.4, -0.2) is 6.54 Å². The lowest BCUT2D eigenvalue weighted by Gasteiger charge is -2.23. The first-order chi connectivity index (χ1) is 9.57. The first-order valence-corrected chi connectivity index (χ1v) is 8.39. The van der Waals surface area contributed by atoms with E-state index in [9.17, 15) is 0 Å². The molecule has 1 unspecified atom stereocenters. The molecule has 1 nitrogen and oxygen atoms in total.